The van der Waals surface area contributed by atoms with E-state index >= 15 is 0 Å². The fourth-order valence-electron chi connectivity index (χ4n) is 1.26. The number of carbonyl (C=O) groups excluding carboxylic acids is 1. The maximum absolute atomic E-state index is 10.9. The summed E-state index contributed by atoms with van der Waals surface area (Å²) in [5, 5.41) is 9.32. The molecule has 0 spiro atoms. The number of cyclic esters (lactones) is 1. The largest absolute Gasteiger partial charge is 0.459 e. The maximum Gasteiger partial charge on any atom is 0.309 e. The van der Waals surface area contributed by atoms with Gasteiger partial charge in [-0.2, -0.15) is 0 Å². The lowest BCUT2D eigenvalue weighted by Crippen LogP contribution is -2.24. The van der Waals surface area contributed by atoms with Crippen molar-refractivity contribution in [1.82, 2.24) is 0 Å². The minimum absolute atomic E-state index is 0.0406. The number of ether oxygens (including phenoxy) is 1. The topological polar surface area (TPSA) is 46.5 Å². The van der Waals surface area contributed by atoms with Crippen molar-refractivity contribution in [2.45, 2.75) is 38.9 Å². The molecule has 3 nitrogen and oxygen atoms in total. The van der Waals surface area contributed by atoms with E-state index in [1.54, 1.807) is 0 Å². The highest BCUT2D eigenvalue weighted by Crippen LogP contribution is 2.23. The van der Waals surface area contributed by atoms with E-state index in [0.29, 0.717) is 12.8 Å². The van der Waals surface area contributed by atoms with Crippen molar-refractivity contribution in [3.05, 3.63) is 0 Å². The van der Waals surface area contributed by atoms with Gasteiger partial charge in [-0.05, 0) is 12.8 Å². The molecule has 1 aliphatic heterocycles. The Kier molecular flexibility index (Phi) is 2.49. The molecule has 0 saturated carbocycles. The fraction of sp³-hybridized carbons (Fsp3) is 0.875. The van der Waals surface area contributed by atoms with Gasteiger partial charge >= 0.3 is 5.97 Å². The lowest BCUT2D eigenvalue weighted by molar-refractivity contribution is -0.147. The van der Waals surface area contributed by atoms with Crippen molar-refractivity contribution in [2.24, 2.45) is 5.92 Å². The second-order valence-corrected chi connectivity index (χ2v) is 3.09. The zero-order valence-electron chi connectivity index (χ0n) is 6.91. The van der Waals surface area contributed by atoms with Gasteiger partial charge in [0.25, 0.3) is 0 Å². The van der Waals surface area contributed by atoms with E-state index in [0.717, 1.165) is 0 Å². The van der Waals surface area contributed by atoms with Crippen LogP contribution in [-0.2, 0) is 9.53 Å². The summed E-state index contributed by atoms with van der Waals surface area (Å²) in [5.74, 6) is -0.219. The fourth-order valence-corrected chi connectivity index (χ4v) is 1.26. The molecule has 0 aliphatic carbocycles. The molecule has 3 heteroatoms. The van der Waals surface area contributed by atoms with Gasteiger partial charge in [0, 0.05) is 0 Å². The highest BCUT2D eigenvalue weighted by Gasteiger charge is 2.34. The zero-order valence-corrected chi connectivity index (χ0v) is 6.91. The lowest BCUT2D eigenvalue weighted by atomic mass is 10.0. The van der Waals surface area contributed by atoms with Crippen LogP contribution in [0.3, 0.4) is 0 Å². The molecule has 0 aromatic carbocycles. The van der Waals surface area contributed by atoms with Crippen molar-refractivity contribution >= 4 is 5.97 Å². The van der Waals surface area contributed by atoms with Gasteiger partial charge in [-0.15, -0.1) is 0 Å². The van der Waals surface area contributed by atoms with Crippen molar-refractivity contribution in [3.8, 4) is 0 Å². The van der Waals surface area contributed by atoms with E-state index in [4.69, 9.17) is 4.74 Å². The Morgan fingerprint density at radius 3 is 2.82 bits per heavy atom. The Labute approximate surface area is 66.4 Å². The molecule has 1 fully saturated rings. The lowest BCUT2D eigenvalue weighted by Gasteiger charge is -2.14. The molecule has 0 amide bonds. The quantitative estimate of drug-likeness (QED) is 0.602. The Morgan fingerprint density at radius 2 is 2.45 bits per heavy atom. The van der Waals surface area contributed by atoms with Gasteiger partial charge < -0.3 is 9.84 Å². The zero-order chi connectivity index (χ0) is 8.43. The third kappa shape index (κ3) is 1.71. The molecule has 0 aromatic rings. The van der Waals surface area contributed by atoms with Crippen molar-refractivity contribution in [2.75, 3.05) is 0 Å². The number of hydrogen-bond acceptors (Lipinski definition) is 3. The summed E-state index contributed by atoms with van der Waals surface area (Å²) in [6, 6.07) is 0. The molecule has 0 bridgehead atoms. The van der Waals surface area contributed by atoms with Gasteiger partial charge in [0.2, 0.25) is 0 Å². The summed E-state index contributed by atoms with van der Waals surface area (Å²) in [5.41, 5.74) is 0. The Balaban J connectivity index is 2.46. The molecular weight excluding hydrogens is 144 g/mol. The summed E-state index contributed by atoms with van der Waals surface area (Å²) < 4.78 is 4.94. The summed E-state index contributed by atoms with van der Waals surface area (Å²) in [7, 11) is 0. The first-order chi connectivity index (χ1) is 5.15. The average molecular weight is 158 g/mol. The van der Waals surface area contributed by atoms with Crippen LogP contribution in [0.15, 0.2) is 0 Å². The summed E-state index contributed by atoms with van der Waals surface area (Å²) in [6.07, 6.45) is 0.560. The van der Waals surface area contributed by atoms with Gasteiger partial charge in [-0.1, -0.05) is 13.8 Å². The number of aliphatic hydroxyl groups excluding tert-OH is 1. The van der Waals surface area contributed by atoms with Crippen LogP contribution in [0.2, 0.25) is 0 Å². The van der Waals surface area contributed by atoms with Crippen molar-refractivity contribution in [1.29, 1.82) is 0 Å². The first-order valence-corrected chi connectivity index (χ1v) is 4.03. The third-order valence-electron chi connectivity index (χ3n) is 2.10. The number of rotatable bonds is 2. The summed E-state index contributed by atoms with van der Waals surface area (Å²) >= 11 is 0. The molecule has 1 aliphatic rings. The van der Waals surface area contributed by atoms with Crippen LogP contribution >= 0.6 is 0 Å². The molecule has 1 rings (SSSR count). The van der Waals surface area contributed by atoms with Crippen LogP contribution in [0.1, 0.15) is 26.7 Å². The first kappa shape index (κ1) is 8.53. The molecular formula is C8H14O3. The second kappa shape index (κ2) is 3.22. The van der Waals surface area contributed by atoms with Gasteiger partial charge in [-0.25, -0.2) is 0 Å². The second-order valence-electron chi connectivity index (χ2n) is 3.09. The van der Waals surface area contributed by atoms with E-state index in [2.05, 4.69) is 0 Å². The molecule has 64 valence electrons. The molecule has 11 heavy (non-hydrogen) atoms. The Morgan fingerprint density at radius 1 is 1.82 bits per heavy atom. The van der Waals surface area contributed by atoms with Crippen LogP contribution in [0.5, 0.6) is 0 Å². The van der Waals surface area contributed by atoms with E-state index < -0.39 is 6.10 Å². The van der Waals surface area contributed by atoms with E-state index in [-0.39, 0.29) is 18.0 Å². The van der Waals surface area contributed by atoms with E-state index in [1.165, 1.54) is 0 Å². The smallest absolute Gasteiger partial charge is 0.309 e. The Hall–Kier alpha value is -0.570. The predicted molar refractivity (Wildman–Crippen MR) is 40.0 cm³/mol. The standard InChI is InChI=1S/C8H14O3/c1-3-6(9)7-4-5(2)8(10)11-7/h5-7,9H,3-4H2,1-2H3/t5-,6+,7+/m1/s1. The minimum Gasteiger partial charge on any atom is -0.459 e. The van der Waals surface area contributed by atoms with Crippen LogP contribution in [0.4, 0.5) is 0 Å². The van der Waals surface area contributed by atoms with Crippen LogP contribution in [-0.4, -0.2) is 23.3 Å². The van der Waals surface area contributed by atoms with Crippen LogP contribution < -0.4 is 0 Å². The number of aliphatic hydroxyl groups is 1. The molecule has 1 saturated heterocycles. The predicted octanol–water partition coefficient (Wildman–Crippen LogP) is 0.709. The summed E-state index contributed by atoms with van der Waals surface area (Å²) in [4.78, 5) is 10.9. The monoisotopic (exact) mass is 158 g/mol. The van der Waals surface area contributed by atoms with Crippen molar-refractivity contribution in [3.63, 3.8) is 0 Å². The number of hydrogen-bond donors (Lipinski definition) is 1. The SMILES string of the molecule is CC[C@H](O)[C@@H]1C[C@@H](C)C(=O)O1. The van der Waals surface area contributed by atoms with Gasteiger partial charge in [0.1, 0.15) is 6.10 Å². The minimum atomic E-state index is -0.482. The average Bonchev–Trinajstić information content (AvgIpc) is 2.31. The van der Waals surface area contributed by atoms with Gasteiger partial charge in [0.15, 0.2) is 0 Å². The normalized spacial score (nSPS) is 33.5. The molecule has 1 N–H and O–H groups in total. The van der Waals surface area contributed by atoms with Crippen LogP contribution in [0.25, 0.3) is 0 Å². The maximum atomic E-state index is 10.9. The first-order valence-electron chi connectivity index (χ1n) is 4.03. The third-order valence-corrected chi connectivity index (χ3v) is 2.10. The number of carbonyl (C=O) groups is 1. The molecule has 0 aromatic heterocycles. The van der Waals surface area contributed by atoms with Gasteiger partial charge in [0.05, 0.1) is 12.0 Å². The Bertz CT molecular complexity index is 155. The highest BCUT2D eigenvalue weighted by atomic mass is 16.6. The highest BCUT2D eigenvalue weighted by molar-refractivity contribution is 5.74. The molecule has 1 heterocycles. The molecule has 0 radical (unpaired) electrons. The van der Waals surface area contributed by atoms with E-state index in [9.17, 15) is 9.90 Å². The molecule has 3 atom stereocenters. The summed E-state index contributed by atoms with van der Waals surface area (Å²) in [6.45, 7) is 3.70. The van der Waals surface area contributed by atoms with E-state index in [1.807, 2.05) is 13.8 Å². The number of esters is 1. The molecule has 0 unspecified atom stereocenters. The van der Waals surface area contributed by atoms with Crippen molar-refractivity contribution < 1.29 is 14.6 Å². The van der Waals surface area contributed by atoms with Gasteiger partial charge in [-0.3, -0.25) is 4.79 Å². The van der Waals surface area contributed by atoms with Crippen LogP contribution in [0, 0.1) is 5.92 Å².